The maximum absolute atomic E-state index is 12.0. The molecule has 0 atom stereocenters. The number of halogens is 1. The van der Waals surface area contributed by atoms with Crippen molar-refractivity contribution in [2.24, 2.45) is 4.99 Å². The number of esters is 1. The lowest BCUT2D eigenvalue weighted by Gasteiger charge is -2.08. The van der Waals surface area contributed by atoms with Crippen LogP contribution in [0.4, 0.5) is 0 Å². The van der Waals surface area contributed by atoms with Gasteiger partial charge in [0.15, 0.2) is 17.2 Å². The second-order valence-corrected chi connectivity index (χ2v) is 5.40. The second-order valence-electron chi connectivity index (χ2n) is 4.96. The molecule has 1 aliphatic heterocycles. The largest absolute Gasteiger partial charge is 0.493 e. The molecule has 1 aliphatic rings. The summed E-state index contributed by atoms with van der Waals surface area (Å²) in [6, 6.07) is 12.3. The number of hydrogen-bond donors (Lipinski definition) is 0. The van der Waals surface area contributed by atoms with Crippen LogP contribution in [0.1, 0.15) is 11.1 Å². The van der Waals surface area contributed by atoms with Gasteiger partial charge in [0.2, 0.25) is 5.90 Å². The molecule has 0 aromatic heterocycles. The molecule has 5 nitrogen and oxygen atoms in total. The molecule has 0 aliphatic carbocycles. The fourth-order valence-electron chi connectivity index (χ4n) is 2.26. The first-order chi connectivity index (χ1) is 11.6. The van der Waals surface area contributed by atoms with E-state index in [4.69, 9.17) is 25.8 Å². The third kappa shape index (κ3) is 3.26. The fraction of sp³-hybridized carbons (Fsp3) is 0.111. The molecule has 6 heteroatoms. The van der Waals surface area contributed by atoms with E-state index in [1.54, 1.807) is 49.6 Å². The predicted octanol–water partition coefficient (Wildman–Crippen LogP) is 3.70. The number of methoxy groups -OCH3 is 2. The third-order valence-corrected chi connectivity index (χ3v) is 3.64. The number of carbonyl (C=O) groups is 1. The van der Waals surface area contributed by atoms with E-state index in [2.05, 4.69) is 4.99 Å². The molecule has 2 aromatic carbocycles. The highest BCUT2D eigenvalue weighted by molar-refractivity contribution is 6.30. The quantitative estimate of drug-likeness (QED) is 0.627. The van der Waals surface area contributed by atoms with Crippen LogP contribution in [0.5, 0.6) is 11.5 Å². The molecule has 0 unspecified atom stereocenters. The molecule has 2 aromatic rings. The highest BCUT2D eigenvalue weighted by Gasteiger charge is 2.25. The van der Waals surface area contributed by atoms with Gasteiger partial charge in [-0.2, -0.15) is 0 Å². The molecule has 1 heterocycles. The van der Waals surface area contributed by atoms with Crippen molar-refractivity contribution in [3.05, 3.63) is 64.3 Å². The van der Waals surface area contributed by atoms with E-state index in [9.17, 15) is 4.79 Å². The van der Waals surface area contributed by atoms with Crippen LogP contribution in [-0.2, 0) is 9.53 Å². The Hall–Kier alpha value is -2.79. The summed E-state index contributed by atoms with van der Waals surface area (Å²) >= 11 is 5.95. The van der Waals surface area contributed by atoms with Gasteiger partial charge >= 0.3 is 5.97 Å². The zero-order valence-electron chi connectivity index (χ0n) is 13.1. The van der Waals surface area contributed by atoms with Gasteiger partial charge in [-0.3, -0.25) is 0 Å². The number of carbonyl (C=O) groups excluding carboxylic acids is 1. The fourth-order valence-corrected chi connectivity index (χ4v) is 2.45. The van der Waals surface area contributed by atoms with E-state index >= 15 is 0 Å². The van der Waals surface area contributed by atoms with Crippen molar-refractivity contribution >= 4 is 29.5 Å². The number of aliphatic imine (C=N–C) groups is 1. The van der Waals surface area contributed by atoms with Crippen molar-refractivity contribution in [2.45, 2.75) is 0 Å². The van der Waals surface area contributed by atoms with Gasteiger partial charge in [0.05, 0.1) is 14.2 Å². The second kappa shape index (κ2) is 6.76. The third-order valence-electron chi connectivity index (χ3n) is 3.40. The van der Waals surface area contributed by atoms with Crippen molar-refractivity contribution in [3.63, 3.8) is 0 Å². The summed E-state index contributed by atoms with van der Waals surface area (Å²) in [5, 5.41) is 0.583. The van der Waals surface area contributed by atoms with E-state index < -0.39 is 5.97 Å². The number of hydrogen-bond acceptors (Lipinski definition) is 5. The number of nitrogens with zero attached hydrogens (tertiary/aromatic N) is 1. The average molecular weight is 344 g/mol. The first-order valence-corrected chi connectivity index (χ1v) is 7.49. The van der Waals surface area contributed by atoms with E-state index in [1.807, 2.05) is 6.07 Å². The Labute approximate surface area is 144 Å². The maximum Gasteiger partial charge on any atom is 0.363 e. The van der Waals surface area contributed by atoms with Crippen molar-refractivity contribution in [3.8, 4) is 11.5 Å². The topological polar surface area (TPSA) is 57.1 Å². The lowest BCUT2D eigenvalue weighted by atomic mass is 10.2. The molecule has 0 spiro atoms. The van der Waals surface area contributed by atoms with E-state index in [-0.39, 0.29) is 11.6 Å². The monoisotopic (exact) mass is 343 g/mol. The summed E-state index contributed by atoms with van der Waals surface area (Å²) in [6.07, 6.45) is 1.63. The standard InChI is InChI=1S/C18H14ClNO4/c1-22-15-7-6-12(10-16(15)23-2)17-20-14(18(21)24-17)9-11-4-3-5-13(19)8-11/h3-10H,1-2H3/b14-9+. The summed E-state index contributed by atoms with van der Waals surface area (Å²) < 4.78 is 15.7. The minimum atomic E-state index is -0.514. The van der Waals surface area contributed by atoms with Crippen LogP contribution >= 0.6 is 11.6 Å². The van der Waals surface area contributed by atoms with Gasteiger partial charge in [0.1, 0.15) is 0 Å². The van der Waals surface area contributed by atoms with E-state index in [0.29, 0.717) is 22.1 Å². The van der Waals surface area contributed by atoms with Crippen LogP contribution in [-0.4, -0.2) is 26.1 Å². The Morgan fingerprint density at radius 3 is 2.58 bits per heavy atom. The van der Waals surface area contributed by atoms with Crippen LogP contribution in [0.25, 0.3) is 6.08 Å². The molecule has 0 N–H and O–H groups in total. The van der Waals surface area contributed by atoms with Crippen molar-refractivity contribution < 1.29 is 19.0 Å². The highest BCUT2D eigenvalue weighted by atomic mass is 35.5. The van der Waals surface area contributed by atoms with E-state index in [0.717, 1.165) is 5.56 Å². The van der Waals surface area contributed by atoms with Crippen molar-refractivity contribution in [1.29, 1.82) is 0 Å². The summed E-state index contributed by atoms with van der Waals surface area (Å²) in [5.74, 6) is 0.816. The van der Waals surface area contributed by atoms with E-state index in [1.165, 1.54) is 7.11 Å². The van der Waals surface area contributed by atoms with Crippen molar-refractivity contribution in [1.82, 2.24) is 0 Å². The normalized spacial score (nSPS) is 15.2. The first kappa shape index (κ1) is 16.1. The molecule has 0 amide bonds. The zero-order valence-corrected chi connectivity index (χ0v) is 13.8. The average Bonchev–Trinajstić information content (AvgIpc) is 2.95. The van der Waals surface area contributed by atoms with Gasteiger partial charge in [-0.05, 0) is 42.0 Å². The van der Waals surface area contributed by atoms with Crippen LogP contribution in [0.15, 0.2) is 53.2 Å². The number of benzene rings is 2. The Morgan fingerprint density at radius 1 is 1.08 bits per heavy atom. The van der Waals surface area contributed by atoms with Gasteiger partial charge in [0, 0.05) is 10.6 Å². The van der Waals surface area contributed by atoms with Gasteiger partial charge in [0.25, 0.3) is 0 Å². The predicted molar refractivity (Wildman–Crippen MR) is 91.6 cm³/mol. The molecular weight excluding hydrogens is 330 g/mol. The zero-order chi connectivity index (χ0) is 17.1. The highest BCUT2D eigenvalue weighted by Crippen LogP contribution is 2.29. The minimum absolute atomic E-state index is 0.210. The molecule has 0 bridgehead atoms. The molecular formula is C18H14ClNO4. The molecule has 0 radical (unpaired) electrons. The molecule has 24 heavy (non-hydrogen) atoms. The maximum atomic E-state index is 12.0. The molecule has 0 fully saturated rings. The first-order valence-electron chi connectivity index (χ1n) is 7.11. The van der Waals surface area contributed by atoms with Crippen molar-refractivity contribution in [2.75, 3.05) is 14.2 Å². The Morgan fingerprint density at radius 2 is 1.88 bits per heavy atom. The summed E-state index contributed by atoms with van der Waals surface area (Å²) in [4.78, 5) is 16.3. The summed E-state index contributed by atoms with van der Waals surface area (Å²) in [7, 11) is 3.09. The van der Waals surface area contributed by atoms with Gasteiger partial charge in [-0.1, -0.05) is 23.7 Å². The Bertz CT molecular complexity index is 858. The molecule has 0 saturated heterocycles. The minimum Gasteiger partial charge on any atom is -0.493 e. The summed E-state index contributed by atoms with van der Waals surface area (Å²) in [5.41, 5.74) is 1.60. The lowest BCUT2D eigenvalue weighted by molar-refractivity contribution is -0.129. The number of rotatable bonds is 4. The van der Waals surface area contributed by atoms with Crippen LogP contribution in [0.3, 0.4) is 0 Å². The molecule has 3 rings (SSSR count). The summed E-state index contributed by atoms with van der Waals surface area (Å²) in [6.45, 7) is 0. The van der Waals surface area contributed by atoms with Crippen LogP contribution < -0.4 is 9.47 Å². The molecule has 122 valence electrons. The van der Waals surface area contributed by atoms with Crippen LogP contribution in [0.2, 0.25) is 5.02 Å². The van der Waals surface area contributed by atoms with Gasteiger partial charge < -0.3 is 14.2 Å². The number of ether oxygens (including phenoxy) is 3. The van der Waals surface area contributed by atoms with Gasteiger partial charge in [-0.15, -0.1) is 0 Å². The SMILES string of the molecule is COc1ccc(C2=N/C(=C/c3cccc(Cl)c3)C(=O)O2)cc1OC. The smallest absolute Gasteiger partial charge is 0.363 e. The number of cyclic esters (lactones) is 1. The lowest BCUT2D eigenvalue weighted by Crippen LogP contribution is -2.05. The molecule has 0 saturated carbocycles. The van der Waals surface area contributed by atoms with Crippen LogP contribution in [0, 0.1) is 0 Å². The Balaban J connectivity index is 1.94. The Kier molecular flexibility index (Phi) is 4.53. The van der Waals surface area contributed by atoms with Gasteiger partial charge in [-0.25, -0.2) is 9.79 Å².